The molecule has 0 fully saturated rings. The minimum atomic E-state index is -0.262. The van der Waals surface area contributed by atoms with Crippen LogP contribution in [0.15, 0.2) is 18.3 Å². The summed E-state index contributed by atoms with van der Waals surface area (Å²) < 4.78 is 10.6. The number of hydrogen-bond donors (Lipinski definition) is 1. The van der Waals surface area contributed by atoms with E-state index >= 15 is 0 Å². The predicted molar refractivity (Wildman–Crippen MR) is 41.2 cm³/mol. The minimum absolute atomic E-state index is 0.0334. The maximum atomic E-state index is 8.79. The summed E-state index contributed by atoms with van der Waals surface area (Å²) in [7, 11) is 0. The van der Waals surface area contributed by atoms with E-state index in [0.29, 0.717) is 18.2 Å². The third-order valence-corrected chi connectivity index (χ3v) is 1.64. The van der Waals surface area contributed by atoms with Gasteiger partial charge in [-0.15, -0.1) is 0 Å². The van der Waals surface area contributed by atoms with Crippen LogP contribution >= 0.6 is 0 Å². The molecular formula is C8H9NO3. The molecule has 2 rings (SSSR count). The van der Waals surface area contributed by atoms with Gasteiger partial charge in [-0.3, -0.25) is 0 Å². The topological polar surface area (TPSA) is 51.6 Å². The third kappa shape index (κ3) is 1.21. The lowest BCUT2D eigenvalue weighted by molar-refractivity contribution is 0.0424. The zero-order valence-electron chi connectivity index (χ0n) is 6.43. The van der Waals surface area contributed by atoms with Crippen LogP contribution in [0, 0.1) is 0 Å². The van der Waals surface area contributed by atoms with Gasteiger partial charge < -0.3 is 14.6 Å². The predicted octanol–water partition coefficient (Wildman–Crippen LogP) is 0.214. The molecule has 1 aliphatic heterocycles. The molecule has 1 atom stereocenters. The summed E-state index contributed by atoms with van der Waals surface area (Å²) in [6.45, 7) is 0.328. The van der Waals surface area contributed by atoms with E-state index in [0.717, 1.165) is 0 Å². The molecule has 1 aliphatic rings. The lowest BCUT2D eigenvalue weighted by atomic mass is 10.3. The third-order valence-electron chi connectivity index (χ3n) is 1.64. The Labute approximate surface area is 69.8 Å². The van der Waals surface area contributed by atoms with Gasteiger partial charge in [-0.1, -0.05) is 0 Å². The van der Waals surface area contributed by atoms with Crippen LogP contribution in [0.3, 0.4) is 0 Å². The van der Waals surface area contributed by atoms with E-state index in [9.17, 15) is 0 Å². The SMILES string of the molecule is OC[C@@H]1COc2ncccc2O1. The molecule has 64 valence electrons. The van der Waals surface area contributed by atoms with Crippen molar-refractivity contribution in [2.75, 3.05) is 13.2 Å². The van der Waals surface area contributed by atoms with Crippen molar-refractivity contribution in [3.63, 3.8) is 0 Å². The van der Waals surface area contributed by atoms with Crippen molar-refractivity contribution in [3.8, 4) is 11.6 Å². The summed E-state index contributed by atoms with van der Waals surface area (Å²) >= 11 is 0. The van der Waals surface area contributed by atoms with Crippen molar-refractivity contribution < 1.29 is 14.6 Å². The highest BCUT2D eigenvalue weighted by molar-refractivity contribution is 5.33. The van der Waals surface area contributed by atoms with E-state index in [1.54, 1.807) is 18.3 Å². The first-order valence-electron chi connectivity index (χ1n) is 3.75. The highest BCUT2D eigenvalue weighted by Crippen LogP contribution is 2.27. The van der Waals surface area contributed by atoms with E-state index in [1.165, 1.54) is 0 Å². The Morgan fingerprint density at radius 2 is 2.58 bits per heavy atom. The molecule has 4 nitrogen and oxygen atoms in total. The van der Waals surface area contributed by atoms with E-state index in [2.05, 4.69) is 4.98 Å². The van der Waals surface area contributed by atoms with Crippen LogP contribution in [0.25, 0.3) is 0 Å². The molecule has 0 spiro atoms. The van der Waals surface area contributed by atoms with Gasteiger partial charge >= 0.3 is 0 Å². The Kier molecular flexibility index (Phi) is 1.83. The van der Waals surface area contributed by atoms with Crippen molar-refractivity contribution in [3.05, 3.63) is 18.3 Å². The second kappa shape index (κ2) is 2.98. The maximum Gasteiger partial charge on any atom is 0.257 e. The summed E-state index contributed by atoms with van der Waals surface area (Å²) in [6.07, 6.45) is 1.38. The molecule has 0 saturated heterocycles. The van der Waals surface area contributed by atoms with Crippen molar-refractivity contribution >= 4 is 0 Å². The summed E-state index contributed by atoms with van der Waals surface area (Å²) in [5.41, 5.74) is 0. The molecule has 1 aromatic heterocycles. The van der Waals surface area contributed by atoms with Crippen LogP contribution in [0.2, 0.25) is 0 Å². The molecule has 2 heterocycles. The Hall–Kier alpha value is -1.29. The minimum Gasteiger partial charge on any atom is -0.479 e. The highest BCUT2D eigenvalue weighted by Gasteiger charge is 2.20. The van der Waals surface area contributed by atoms with Gasteiger partial charge in [-0.25, -0.2) is 4.98 Å². The lowest BCUT2D eigenvalue weighted by Crippen LogP contribution is -2.32. The quantitative estimate of drug-likeness (QED) is 0.649. The van der Waals surface area contributed by atoms with E-state index in [1.807, 2.05) is 0 Å². The smallest absolute Gasteiger partial charge is 0.257 e. The first-order valence-corrected chi connectivity index (χ1v) is 3.75. The number of aliphatic hydroxyl groups is 1. The van der Waals surface area contributed by atoms with Gasteiger partial charge in [-0.2, -0.15) is 0 Å². The Morgan fingerprint density at radius 1 is 1.67 bits per heavy atom. The molecule has 1 aromatic rings. The normalized spacial score (nSPS) is 20.6. The second-order valence-corrected chi connectivity index (χ2v) is 2.54. The zero-order chi connectivity index (χ0) is 8.39. The van der Waals surface area contributed by atoms with E-state index in [-0.39, 0.29) is 12.7 Å². The van der Waals surface area contributed by atoms with Gasteiger partial charge in [0.05, 0.1) is 6.61 Å². The summed E-state index contributed by atoms with van der Waals surface area (Å²) in [5, 5.41) is 8.79. The molecule has 12 heavy (non-hydrogen) atoms. The molecule has 0 saturated carbocycles. The average Bonchev–Trinajstić information content (AvgIpc) is 2.17. The highest BCUT2D eigenvalue weighted by atomic mass is 16.6. The lowest BCUT2D eigenvalue weighted by Gasteiger charge is -2.23. The van der Waals surface area contributed by atoms with Crippen molar-refractivity contribution in [2.45, 2.75) is 6.10 Å². The Balaban J connectivity index is 2.23. The standard InChI is InChI=1S/C8H9NO3/c10-4-6-5-11-8-7(12-6)2-1-3-9-8/h1-3,6,10H,4-5H2/t6-/m1/s1. The number of fused-ring (bicyclic) bond motifs is 1. The molecule has 0 unspecified atom stereocenters. The van der Waals surface area contributed by atoms with Crippen LogP contribution in [0.5, 0.6) is 11.6 Å². The molecule has 0 radical (unpaired) electrons. The first kappa shape index (κ1) is 7.36. The number of aliphatic hydroxyl groups excluding tert-OH is 1. The summed E-state index contributed by atoms with van der Waals surface area (Å²) in [5.74, 6) is 1.10. The van der Waals surface area contributed by atoms with E-state index < -0.39 is 0 Å². The van der Waals surface area contributed by atoms with Gasteiger partial charge in [0.1, 0.15) is 6.61 Å². The van der Waals surface area contributed by atoms with Crippen molar-refractivity contribution in [1.82, 2.24) is 4.98 Å². The number of ether oxygens (including phenoxy) is 2. The number of nitrogens with zero attached hydrogens (tertiary/aromatic N) is 1. The van der Waals surface area contributed by atoms with Gasteiger partial charge in [0, 0.05) is 6.20 Å². The molecule has 0 amide bonds. The molecule has 0 bridgehead atoms. The zero-order valence-corrected chi connectivity index (χ0v) is 6.43. The van der Waals surface area contributed by atoms with Crippen LogP contribution < -0.4 is 9.47 Å². The summed E-state index contributed by atoms with van der Waals surface area (Å²) in [4.78, 5) is 3.96. The van der Waals surface area contributed by atoms with Gasteiger partial charge in [-0.05, 0) is 12.1 Å². The Morgan fingerprint density at radius 3 is 3.42 bits per heavy atom. The van der Waals surface area contributed by atoms with Crippen molar-refractivity contribution in [2.24, 2.45) is 0 Å². The van der Waals surface area contributed by atoms with Crippen LogP contribution in [0.1, 0.15) is 0 Å². The van der Waals surface area contributed by atoms with Gasteiger partial charge in [0.25, 0.3) is 5.88 Å². The second-order valence-electron chi connectivity index (χ2n) is 2.54. The van der Waals surface area contributed by atoms with Gasteiger partial charge in [0.15, 0.2) is 11.9 Å². The number of hydrogen-bond acceptors (Lipinski definition) is 4. The maximum absolute atomic E-state index is 8.79. The van der Waals surface area contributed by atoms with Crippen LogP contribution in [0.4, 0.5) is 0 Å². The first-order chi connectivity index (χ1) is 5.90. The molecule has 1 N–H and O–H groups in total. The Bertz CT molecular complexity index is 277. The van der Waals surface area contributed by atoms with Crippen LogP contribution in [-0.2, 0) is 0 Å². The number of aromatic nitrogens is 1. The average molecular weight is 167 g/mol. The van der Waals surface area contributed by atoms with Crippen molar-refractivity contribution in [1.29, 1.82) is 0 Å². The fraction of sp³-hybridized carbons (Fsp3) is 0.375. The van der Waals surface area contributed by atoms with Crippen LogP contribution in [-0.4, -0.2) is 29.4 Å². The fourth-order valence-electron chi connectivity index (χ4n) is 1.05. The molecular weight excluding hydrogens is 158 g/mol. The monoisotopic (exact) mass is 167 g/mol. The molecule has 0 aromatic carbocycles. The largest absolute Gasteiger partial charge is 0.479 e. The van der Waals surface area contributed by atoms with Gasteiger partial charge in [0.2, 0.25) is 0 Å². The number of pyridine rings is 1. The summed E-state index contributed by atoms with van der Waals surface area (Å²) in [6, 6.07) is 3.53. The fourth-order valence-corrected chi connectivity index (χ4v) is 1.05. The number of rotatable bonds is 1. The molecule has 0 aliphatic carbocycles. The molecule has 4 heteroatoms. The van der Waals surface area contributed by atoms with E-state index in [4.69, 9.17) is 14.6 Å².